The molecule has 37 heavy (non-hydrogen) atoms. The first kappa shape index (κ1) is 23.9. The summed E-state index contributed by atoms with van der Waals surface area (Å²) in [4.78, 5) is 17.5. The molecule has 0 saturated carbocycles. The van der Waals surface area contributed by atoms with Crippen LogP contribution < -0.4 is 5.32 Å². The molecule has 184 valence electrons. The molecule has 0 aliphatic rings. The molecular formula is C29H26FN7. The number of hydrogen-bond acceptors (Lipinski definition) is 5. The monoisotopic (exact) mass is 491 g/mol. The van der Waals surface area contributed by atoms with Crippen molar-refractivity contribution in [3.05, 3.63) is 103 Å². The SMILES string of the molecule is C=C/C(=C\C(=C/C)c1ccc2[nH]nc(-c3nc4c(-c5cccc(F)c5)nccc4[nH]3)c2n1)NC(=C)CC. The van der Waals surface area contributed by atoms with Gasteiger partial charge in [0.1, 0.15) is 16.9 Å². The van der Waals surface area contributed by atoms with Gasteiger partial charge in [0.05, 0.1) is 22.4 Å². The standard InChI is InChI=1S/C29H26FN7/c1-5-17(4)32-21(7-3)16-18(6-2)22-11-12-24-27(33-22)28(37-36-24)29-34-23-13-14-31-25(26(23)35-29)19-9-8-10-20(30)15-19/h6-16,32H,3-5H2,1-2H3,(H,34,35)(H,36,37)/b18-6+,21-16+. The first-order valence-electron chi connectivity index (χ1n) is 11.9. The van der Waals surface area contributed by atoms with E-state index in [0.29, 0.717) is 33.8 Å². The Morgan fingerprint density at radius 3 is 2.68 bits per heavy atom. The van der Waals surface area contributed by atoms with E-state index >= 15 is 0 Å². The smallest absolute Gasteiger partial charge is 0.161 e. The Labute approximate surface area is 213 Å². The van der Waals surface area contributed by atoms with E-state index in [9.17, 15) is 4.39 Å². The lowest BCUT2D eigenvalue weighted by Crippen LogP contribution is -2.09. The average Bonchev–Trinajstić information content (AvgIpc) is 3.54. The van der Waals surface area contributed by atoms with Crippen molar-refractivity contribution in [1.29, 1.82) is 0 Å². The third kappa shape index (κ3) is 4.69. The minimum Gasteiger partial charge on any atom is -0.359 e. The van der Waals surface area contributed by atoms with Crippen molar-refractivity contribution in [2.24, 2.45) is 0 Å². The van der Waals surface area contributed by atoms with E-state index in [1.165, 1.54) is 12.1 Å². The summed E-state index contributed by atoms with van der Waals surface area (Å²) in [6.07, 6.45) is 8.22. The van der Waals surface area contributed by atoms with E-state index in [1.54, 1.807) is 18.3 Å². The fraction of sp³-hybridized carbons (Fsp3) is 0.103. The highest BCUT2D eigenvalue weighted by molar-refractivity contribution is 5.95. The maximum Gasteiger partial charge on any atom is 0.161 e. The third-order valence-corrected chi connectivity index (χ3v) is 6.02. The van der Waals surface area contributed by atoms with Crippen molar-refractivity contribution in [3.8, 4) is 22.8 Å². The highest BCUT2D eigenvalue weighted by atomic mass is 19.1. The second-order valence-electron chi connectivity index (χ2n) is 8.45. The van der Waals surface area contributed by atoms with E-state index in [1.807, 2.05) is 50.3 Å². The molecule has 8 heteroatoms. The van der Waals surface area contributed by atoms with Gasteiger partial charge in [0, 0.05) is 23.2 Å². The van der Waals surface area contributed by atoms with Crippen LogP contribution in [0.25, 0.3) is 50.4 Å². The molecule has 0 fully saturated rings. The Hall–Kier alpha value is -4.85. The molecule has 0 radical (unpaired) electrons. The highest BCUT2D eigenvalue weighted by Gasteiger charge is 2.17. The lowest BCUT2D eigenvalue weighted by molar-refractivity contribution is 0.628. The first-order chi connectivity index (χ1) is 18.0. The number of H-pyrrole nitrogens is 2. The lowest BCUT2D eigenvalue weighted by Gasteiger charge is -2.10. The molecular weight excluding hydrogens is 465 g/mol. The van der Waals surface area contributed by atoms with Crippen molar-refractivity contribution < 1.29 is 4.39 Å². The number of nitrogens with one attached hydrogen (secondary N) is 3. The van der Waals surface area contributed by atoms with Crippen LogP contribution in [0.3, 0.4) is 0 Å². The summed E-state index contributed by atoms with van der Waals surface area (Å²) in [6, 6.07) is 12.0. The molecule has 5 rings (SSSR count). The third-order valence-electron chi connectivity index (χ3n) is 6.02. The minimum atomic E-state index is -0.329. The van der Waals surface area contributed by atoms with Crippen LogP contribution >= 0.6 is 0 Å². The van der Waals surface area contributed by atoms with Gasteiger partial charge in [-0.3, -0.25) is 10.1 Å². The van der Waals surface area contributed by atoms with Gasteiger partial charge in [0.25, 0.3) is 0 Å². The molecule has 4 heterocycles. The van der Waals surface area contributed by atoms with Crippen molar-refractivity contribution in [1.82, 2.24) is 35.5 Å². The van der Waals surface area contributed by atoms with Crippen LogP contribution in [-0.2, 0) is 0 Å². The number of pyridine rings is 2. The topological polar surface area (TPSA) is 95.2 Å². The van der Waals surface area contributed by atoms with Crippen LogP contribution in [0, 0.1) is 5.82 Å². The van der Waals surface area contributed by atoms with Gasteiger partial charge in [-0.25, -0.2) is 14.4 Å². The minimum absolute atomic E-state index is 0.329. The second kappa shape index (κ2) is 10.0. The predicted molar refractivity (Wildman–Crippen MR) is 147 cm³/mol. The van der Waals surface area contributed by atoms with Crippen LogP contribution in [0.1, 0.15) is 26.0 Å². The molecule has 1 aromatic carbocycles. The van der Waals surface area contributed by atoms with Crippen LogP contribution in [0.2, 0.25) is 0 Å². The molecule has 0 aliphatic carbocycles. The molecule has 0 saturated heterocycles. The Morgan fingerprint density at radius 2 is 1.92 bits per heavy atom. The quantitative estimate of drug-likeness (QED) is 0.210. The van der Waals surface area contributed by atoms with Gasteiger partial charge in [-0.1, -0.05) is 38.3 Å². The number of aromatic nitrogens is 6. The molecule has 5 aromatic rings. The van der Waals surface area contributed by atoms with E-state index < -0.39 is 0 Å². The summed E-state index contributed by atoms with van der Waals surface area (Å²) in [7, 11) is 0. The van der Waals surface area contributed by atoms with Crippen LogP contribution in [0.4, 0.5) is 4.39 Å². The maximum atomic E-state index is 13.9. The maximum absolute atomic E-state index is 13.9. The van der Waals surface area contributed by atoms with Gasteiger partial charge in [0.15, 0.2) is 11.5 Å². The number of aromatic amines is 2. The zero-order valence-corrected chi connectivity index (χ0v) is 20.6. The Bertz CT molecular complexity index is 1700. The molecule has 7 nitrogen and oxygen atoms in total. The Balaban J connectivity index is 1.58. The zero-order valence-electron chi connectivity index (χ0n) is 20.6. The van der Waals surface area contributed by atoms with Crippen LogP contribution in [0.15, 0.2) is 91.4 Å². The summed E-state index contributed by atoms with van der Waals surface area (Å²) in [6.45, 7) is 11.9. The molecule has 4 aromatic heterocycles. The Kier molecular flexibility index (Phi) is 6.47. The van der Waals surface area contributed by atoms with Gasteiger partial charge >= 0.3 is 0 Å². The van der Waals surface area contributed by atoms with E-state index in [4.69, 9.17) is 9.97 Å². The number of allylic oxidation sites excluding steroid dienone is 5. The largest absolute Gasteiger partial charge is 0.359 e. The molecule has 0 bridgehead atoms. The number of fused-ring (bicyclic) bond motifs is 2. The molecule has 0 amide bonds. The van der Waals surface area contributed by atoms with Gasteiger partial charge in [-0.2, -0.15) is 5.10 Å². The number of imidazole rings is 1. The van der Waals surface area contributed by atoms with Crippen molar-refractivity contribution >= 4 is 27.6 Å². The summed E-state index contributed by atoms with van der Waals surface area (Å²) in [5.41, 5.74) is 8.12. The summed E-state index contributed by atoms with van der Waals surface area (Å²) in [5, 5.41) is 10.8. The number of benzene rings is 1. The molecule has 0 atom stereocenters. The number of hydrogen-bond donors (Lipinski definition) is 3. The van der Waals surface area contributed by atoms with E-state index in [0.717, 1.165) is 40.1 Å². The number of nitrogens with zero attached hydrogens (tertiary/aromatic N) is 4. The Morgan fingerprint density at radius 1 is 1.08 bits per heavy atom. The molecule has 3 N–H and O–H groups in total. The fourth-order valence-corrected chi connectivity index (χ4v) is 4.03. The molecule has 0 unspecified atom stereocenters. The van der Waals surface area contributed by atoms with Crippen LogP contribution in [-0.4, -0.2) is 30.1 Å². The molecule has 0 spiro atoms. The predicted octanol–water partition coefficient (Wildman–Crippen LogP) is 6.69. The zero-order chi connectivity index (χ0) is 25.9. The van der Waals surface area contributed by atoms with Gasteiger partial charge in [-0.05, 0) is 61.4 Å². The lowest BCUT2D eigenvalue weighted by atomic mass is 10.1. The number of halogens is 1. The van der Waals surface area contributed by atoms with E-state index in [2.05, 4.69) is 38.6 Å². The van der Waals surface area contributed by atoms with Gasteiger partial charge in [-0.15, -0.1) is 0 Å². The number of rotatable bonds is 8. The van der Waals surface area contributed by atoms with Crippen molar-refractivity contribution in [2.75, 3.05) is 0 Å². The van der Waals surface area contributed by atoms with Crippen molar-refractivity contribution in [2.45, 2.75) is 20.3 Å². The fourth-order valence-electron chi connectivity index (χ4n) is 4.03. The van der Waals surface area contributed by atoms with Crippen molar-refractivity contribution in [3.63, 3.8) is 0 Å². The van der Waals surface area contributed by atoms with Gasteiger partial charge in [0.2, 0.25) is 0 Å². The summed E-state index contributed by atoms with van der Waals surface area (Å²) >= 11 is 0. The molecule has 0 aliphatic heterocycles. The summed E-state index contributed by atoms with van der Waals surface area (Å²) < 4.78 is 13.9. The van der Waals surface area contributed by atoms with Gasteiger partial charge < -0.3 is 10.3 Å². The summed E-state index contributed by atoms with van der Waals surface area (Å²) in [5.74, 6) is 0.214. The average molecular weight is 492 g/mol. The first-order valence-corrected chi connectivity index (χ1v) is 11.9. The highest BCUT2D eigenvalue weighted by Crippen LogP contribution is 2.30. The normalized spacial score (nSPS) is 12.3. The van der Waals surface area contributed by atoms with E-state index in [-0.39, 0.29) is 5.82 Å². The van der Waals surface area contributed by atoms with Crippen LogP contribution in [0.5, 0.6) is 0 Å². The second-order valence-corrected chi connectivity index (χ2v) is 8.45.